The summed E-state index contributed by atoms with van der Waals surface area (Å²) in [5.41, 5.74) is 6.63. The molecular weight excluding hydrogens is 243 g/mol. The molecule has 104 valence electrons. The number of carbonyl (C=O) groups is 1. The number of amides is 1. The first kappa shape index (κ1) is 14.0. The highest BCUT2D eigenvalue weighted by Crippen LogP contribution is 2.24. The predicted octanol–water partition coefficient (Wildman–Crippen LogP) is 2.52. The molecule has 3 N–H and O–H groups in total. The fourth-order valence-electron chi connectivity index (χ4n) is 2.57. The number of nitrogens with two attached hydrogens (primary N) is 1. The average molecular weight is 264 g/mol. The van der Waals surface area contributed by atoms with Gasteiger partial charge in [0.2, 0.25) is 5.91 Å². The van der Waals surface area contributed by atoms with Crippen molar-refractivity contribution in [1.29, 1.82) is 0 Å². The maximum Gasteiger partial charge on any atom is 0.223 e. The van der Waals surface area contributed by atoms with E-state index < -0.39 is 0 Å². The molecule has 1 amide bonds. The number of benzene rings is 1. The minimum atomic E-state index is -0.276. The van der Waals surface area contributed by atoms with Crippen LogP contribution in [0.25, 0.3) is 0 Å². The summed E-state index contributed by atoms with van der Waals surface area (Å²) in [4.78, 5) is 12.1. The Morgan fingerprint density at radius 1 is 1.37 bits per heavy atom. The lowest BCUT2D eigenvalue weighted by Gasteiger charge is -2.26. The summed E-state index contributed by atoms with van der Waals surface area (Å²) < 4.78 is 13.1. The van der Waals surface area contributed by atoms with Crippen LogP contribution in [0.4, 0.5) is 4.39 Å². The van der Waals surface area contributed by atoms with Crippen molar-refractivity contribution >= 4 is 5.91 Å². The van der Waals surface area contributed by atoms with E-state index in [1.165, 1.54) is 12.1 Å². The monoisotopic (exact) mass is 264 g/mol. The summed E-state index contributed by atoms with van der Waals surface area (Å²) in [5, 5.41) is 2.96. The second-order valence-corrected chi connectivity index (χ2v) is 5.40. The Bertz CT molecular complexity index is 442. The zero-order valence-electron chi connectivity index (χ0n) is 11.2. The van der Waals surface area contributed by atoms with Gasteiger partial charge in [0.15, 0.2) is 0 Å². The SMILES string of the molecule is C[C@H](NC(=O)C1CCC(N)CC1)c1cccc(F)c1. The third kappa shape index (κ3) is 3.77. The molecule has 0 heterocycles. The molecule has 19 heavy (non-hydrogen) atoms. The summed E-state index contributed by atoms with van der Waals surface area (Å²) in [7, 11) is 0. The summed E-state index contributed by atoms with van der Waals surface area (Å²) in [5.74, 6) is -0.165. The van der Waals surface area contributed by atoms with E-state index in [-0.39, 0.29) is 29.7 Å². The molecular formula is C15H21FN2O. The third-order valence-corrected chi connectivity index (χ3v) is 3.85. The van der Waals surface area contributed by atoms with Gasteiger partial charge in [-0.2, -0.15) is 0 Å². The highest BCUT2D eigenvalue weighted by Gasteiger charge is 2.25. The molecule has 2 rings (SSSR count). The third-order valence-electron chi connectivity index (χ3n) is 3.85. The zero-order valence-corrected chi connectivity index (χ0v) is 11.2. The molecule has 0 unspecified atom stereocenters. The van der Waals surface area contributed by atoms with E-state index in [0.717, 1.165) is 31.2 Å². The van der Waals surface area contributed by atoms with Crippen LogP contribution in [-0.4, -0.2) is 11.9 Å². The summed E-state index contributed by atoms with van der Waals surface area (Å²) in [6, 6.07) is 6.42. The lowest BCUT2D eigenvalue weighted by molar-refractivity contribution is -0.126. The molecule has 0 radical (unpaired) electrons. The molecule has 0 bridgehead atoms. The number of rotatable bonds is 3. The standard InChI is InChI=1S/C15H21FN2O/c1-10(12-3-2-4-13(16)9-12)18-15(19)11-5-7-14(17)8-6-11/h2-4,9-11,14H,5-8,17H2,1H3,(H,18,19)/t10-,11?,14?/m0/s1. The first-order chi connectivity index (χ1) is 9.06. The fourth-order valence-corrected chi connectivity index (χ4v) is 2.57. The Hall–Kier alpha value is -1.42. The smallest absolute Gasteiger partial charge is 0.223 e. The van der Waals surface area contributed by atoms with Crippen LogP contribution in [0.15, 0.2) is 24.3 Å². The van der Waals surface area contributed by atoms with E-state index in [9.17, 15) is 9.18 Å². The van der Waals surface area contributed by atoms with Crippen LogP contribution in [0.5, 0.6) is 0 Å². The van der Waals surface area contributed by atoms with Crippen molar-refractivity contribution in [2.75, 3.05) is 0 Å². The average Bonchev–Trinajstić information content (AvgIpc) is 2.39. The number of hydrogen-bond acceptors (Lipinski definition) is 2. The van der Waals surface area contributed by atoms with Crippen molar-refractivity contribution in [2.24, 2.45) is 11.7 Å². The molecule has 4 heteroatoms. The number of nitrogens with one attached hydrogen (secondary N) is 1. The summed E-state index contributed by atoms with van der Waals surface area (Å²) in [6.45, 7) is 1.88. The highest BCUT2D eigenvalue weighted by atomic mass is 19.1. The second kappa shape index (κ2) is 6.15. The maximum absolute atomic E-state index is 13.1. The largest absolute Gasteiger partial charge is 0.349 e. The van der Waals surface area contributed by atoms with Gasteiger partial charge in [-0.15, -0.1) is 0 Å². The number of carbonyl (C=O) groups excluding carboxylic acids is 1. The van der Waals surface area contributed by atoms with Crippen molar-refractivity contribution in [3.8, 4) is 0 Å². The van der Waals surface area contributed by atoms with Crippen LogP contribution in [0.3, 0.4) is 0 Å². The molecule has 1 atom stereocenters. The molecule has 1 aliphatic carbocycles. The van der Waals surface area contributed by atoms with Gasteiger partial charge in [0, 0.05) is 12.0 Å². The van der Waals surface area contributed by atoms with Crippen LogP contribution < -0.4 is 11.1 Å². The van der Waals surface area contributed by atoms with Crippen LogP contribution in [0.2, 0.25) is 0 Å². The minimum Gasteiger partial charge on any atom is -0.349 e. The van der Waals surface area contributed by atoms with Crippen molar-refractivity contribution in [1.82, 2.24) is 5.32 Å². The van der Waals surface area contributed by atoms with Crippen molar-refractivity contribution in [3.63, 3.8) is 0 Å². The summed E-state index contributed by atoms with van der Waals surface area (Å²) >= 11 is 0. The predicted molar refractivity (Wildman–Crippen MR) is 72.9 cm³/mol. The molecule has 3 nitrogen and oxygen atoms in total. The van der Waals surface area contributed by atoms with Gasteiger partial charge in [0.1, 0.15) is 5.82 Å². The lowest BCUT2D eigenvalue weighted by Crippen LogP contribution is -2.37. The second-order valence-electron chi connectivity index (χ2n) is 5.40. The van der Waals surface area contributed by atoms with Crippen molar-refractivity contribution < 1.29 is 9.18 Å². The zero-order chi connectivity index (χ0) is 13.8. The van der Waals surface area contributed by atoms with Crippen LogP contribution in [0, 0.1) is 11.7 Å². The molecule has 1 aromatic carbocycles. The molecule has 1 fully saturated rings. The highest BCUT2D eigenvalue weighted by molar-refractivity contribution is 5.79. The van der Waals surface area contributed by atoms with Gasteiger partial charge in [0.05, 0.1) is 6.04 Å². The molecule has 1 aliphatic rings. The van der Waals surface area contributed by atoms with Gasteiger partial charge in [-0.3, -0.25) is 4.79 Å². The Balaban J connectivity index is 1.91. The molecule has 1 aromatic rings. The maximum atomic E-state index is 13.1. The molecule has 0 aromatic heterocycles. The van der Waals surface area contributed by atoms with Gasteiger partial charge in [-0.05, 0) is 50.3 Å². The molecule has 0 aliphatic heterocycles. The van der Waals surface area contributed by atoms with Crippen molar-refractivity contribution in [2.45, 2.75) is 44.7 Å². The van der Waals surface area contributed by atoms with Crippen LogP contribution in [-0.2, 0) is 4.79 Å². The summed E-state index contributed by atoms with van der Waals surface area (Å²) in [6.07, 6.45) is 3.52. The van der Waals surface area contributed by atoms with Gasteiger partial charge in [-0.1, -0.05) is 12.1 Å². The first-order valence-corrected chi connectivity index (χ1v) is 6.87. The van der Waals surface area contributed by atoms with Crippen LogP contribution >= 0.6 is 0 Å². The minimum absolute atomic E-state index is 0.0517. The number of halogens is 1. The Kier molecular flexibility index (Phi) is 4.53. The Morgan fingerprint density at radius 3 is 2.68 bits per heavy atom. The fraction of sp³-hybridized carbons (Fsp3) is 0.533. The van der Waals surface area contributed by atoms with Crippen LogP contribution in [0.1, 0.15) is 44.2 Å². The van der Waals surface area contributed by atoms with Gasteiger partial charge in [0.25, 0.3) is 0 Å². The quantitative estimate of drug-likeness (QED) is 0.881. The van der Waals surface area contributed by atoms with E-state index in [1.54, 1.807) is 6.07 Å². The Morgan fingerprint density at radius 2 is 2.05 bits per heavy atom. The normalized spacial score (nSPS) is 24.8. The lowest BCUT2D eigenvalue weighted by atomic mass is 9.85. The topological polar surface area (TPSA) is 55.1 Å². The van der Waals surface area contributed by atoms with E-state index in [2.05, 4.69) is 5.32 Å². The van der Waals surface area contributed by atoms with E-state index >= 15 is 0 Å². The van der Waals surface area contributed by atoms with Gasteiger partial charge in [-0.25, -0.2) is 4.39 Å². The van der Waals surface area contributed by atoms with Gasteiger partial charge < -0.3 is 11.1 Å². The van der Waals surface area contributed by atoms with E-state index in [1.807, 2.05) is 13.0 Å². The molecule has 0 saturated heterocycles. The Labute approximate surface area is 113 Å². The molecule has 1 saturated carbocycles. The first-order valence-electron chi connectivity index (χ1n) is 6.87. The number of hydrogen-bond donors (Lipinski definition) is 2. The molecule has 0 spiro atoms. The van der Waals surface area contributed by atoms with Gasteiger partial charge >= 0.3 is 0 Å². The van der Waals surface area contributed by atoms with E-state index in [4.69, 9.17) is 5.73 Å². The van der Waals surface area contributed by atoms with E-state index in [0.29, 0.717) is 0 Å². The van der Waals surface area contributed by atoms with Crippen molar-refractivity contribution in [3.05, 3.63) is 35.6 Å².